The maximum atomic E-state index is 10.7. The van der Waals surface area contributed by atoms with Crippen LogP contribution in [0.25, 0.3) is 0 Å². The van der Waals surface area contributed by atoms with Gasteiger partial charge in [-0.15, -0.1) is 0 Å². The van der Waals surface area contributed by atoms with Gasteiger partial charge in [0.25, 0.3) is 0 Å². The molecule has 0 unspecified atom stereocenters. The summed E-state index contributed by atoms with van der Waals surface area (Å²) in [7, 11) is 1.31. The topological polar surface area (TPSA) is 55.4 Å². The predicted octanol–water partition coefficient (Wildman–Crippen LogP) is -0.706. The molecule has 1 heterocycles. The Bertz CT molecular complexity index is 178. The van der Waals surface area contributed by atoms with E-state index >= 15 is 0 Å². The van der Waals surface area contributed by atoms with Gasteiger partial charge in [0, 0.05) is 0 Å². The monoisotopic (exact) mass is 143 g/mol. The summed E-state index contributed by atoms with van der Waals surface area (Å²) in [6.07, 6.45) is 0. The second-order valence-electron chi connectivity index (χ2n) is 2.30. The van der Waals surface area contributed by atoms with E-state index in [-0.39, 0.29) is 17.8 Å². The number of nitrogens with one attached hydrogen (secondary N) is 1. The minimum atomic E-state index is -0.419. The van der Waals surface area contributed by atoms with Gasteiger partial charge in [0.05, 0.1) is 13.0 Å². The second kappa shape index (κ2) is 2.28. The van der Waals surface area contributed by atoms with Crippen LogP contribution in [0.1, 0.15) is 6.92 Å². The van der Waals surface area contributed by atoms with Crippen molar-refractivity contribution in [3.05, 3.63) is 0 Å². The molecule has 0 spiro atoms. The van der Waals surface area contributed by atoms with Crippen LogP contribution >= 0.6 is 0 Å². The number of esters is 1. The third kappa shape index (κ3) is 0.853. The Hall–Kier alpha value is -1.06. The fourth-order valence-electron chi connectivity index (χ4n) is 0.855. The molecule has 1 fully saturated rings. The first-order chi connectivity index (χ1) is 4.66. The molecule has 0 aromatic rings. The van der Waals surface area contributed by atoms with Crippen molar-refractivity contribution < 1.29 is 14.3 Å². The molecule has 1 aliphatic heterocycles. The molecule has 0 aliphatic carbocycles. The summed E-state index contributed by atoms with van der Waals surface area (Å²) in [6, 6.07) is -0.419. The highest BCUT2D eigenvalue weighted by molar-refractivity contribution is 5.96. The van der Waals surface area contributed by atoms with Gasteiger partial charge in [0.15, 0.2) is 0 Å². The Morgan fingerprint density at radius 1 is 1.70 bits per heavy atom. The van der Waals surface area contributed by atoms with Gasteiger partial charge in [-0.25, -0.2) is 4.79 Å². The third-order valence-corrected chi connectivity index (χ3v) is 1.67. The molecule has 4 nitrogen and oxygen atoms in total. The van der Waals surface area contributed by atoms with Crippen molar-refractivity contribution in [2.45, 2.75) is 13.0 Å². The van der Waals surface area contributed by atoms with Crippen molar-refractivity contribution >= 4 is 11.9 Å². The van der Waals surface area contributed by atoms with E-state index in [0.29, 0.717) is 0 Å². The Balaban J connectivity index is 2.47. The summed E-state index contributed by atoms with van der Waals surface area (Å²) in [4.78, 5) is 21.3. The highest BCUT2D eigenvalue weighted by Crippen LogP contribution is 2.14. The van der Waals surface area contributed by atoms with Crippen LogP contribution in [0, 0.1) is 5.92 Å². The van der Waals surface area contributed by atoms with E-state index in [4.69, 9.17) is 0 Å². The summed E-state index contributed by atoms with van der Waals surface area (Å²) in [5.41, 5.74) is 0. The van der Waals surface area contributed by atoms with Crippen molar-refractivity contribution in [3.63, 3.8) is 0 Å². The fourth-order valence-corrected chi connectivity index (χ4v) is 0.855. The Labute approximate surface area is 58.5 Å². The lowest BCUT2D eigenvalue weighted by molar-refractivity contribution is -0.154. The molecule has 0 aromatic heterocycles. The van der Waals surface area contributed by atoms with E-state index in [1.807, 2.05) is 0 Å². The lowest BCUT2D eigenvalue weighted by atomic mass is 9.93. The van der Waals surface area contributed by atoms with Gasteiger partial charge < -0.3 is 10.1 Å². The van der Waals surface area contributed by atoms with Crippen molar-refractivity contribution in [1.29, 1.82) is 0 Å². The first-order valence-corrected chi connectivity index (χ1v) is 3.05. The molecule has 56 valence electrons. The minimum absolute atomic E-state index is 0.0876. The van der Waals surface area contributed by atoms with Gasteiger partial charge in [0.1, 0.15) is 6.04 Å². The number of methoxy groups -OCH3 is 1. The first kappa shape index (κ1) is 7.05. The second-order valence-corrected chi connectivity index (χ2v) is 2.30. The number of carbonyl (C=O) groups excluding carboxylic acids is 2. The van der Waals surface area contributed by atoms with Gasteiger partial charge in [-0.05, 0) is 0 Å². The predicted molar refractivity (Wildman–Crippen MR) is 33.1 cm³/mol. The van der Waals surface area contributed by atoms with Crippen LogP contribution in [-0.2, 0) is 14.3 Å². The quantitative estimate of drug-likeness (QED) is 0.390. The summed E-state index contributed by atoms with van der Waals surface area (Å²) in [5, 5.41) is 2.43. The van der Waals surface area contributed by atoms with Gasteiger partial charge in [-0.1, -0.05) is 6.92 Å². The molecule has 1 N–H and O–H groups in total. The third-order valence-electron chi connectivity index (χ3n) is 1.67. The highest BCUT2D eigenvalue weighted by Gasteiger charge is 2.41. The Morgan fingerprint density at radius 2 is 2.30 bits per heavy atom. The molecule has 1 aliphatic rings. The van der Waals surface area contributed by atoms with E-state index in [9.17, 15) is 9.59 Å². The molecule has 0 radical (unpaired) electrons. The smallest absolute Gasteiger partial charge is 0.329 e. The minimum Gasteiger partial charge on any atom is -0.467 e. The van der Waals surface area contributed by atoms with E-state index in [2.05, 4.69) is 10.1 Å². The number of amides is 1. The molecule has 1 amide bonds. The Morgan fingerprint density at radius 3 is 2.60 bits per heavy atom. The maximum Gasteiger partial charge on any atom is 0.329 e. The van der Waals surface area contributed by atoms with E-state index in [0.717, 1.165) is 0 Å². The number of ether oxygens (including phenoxy) is 1. The van der Waals surface area contributed by atoms with E-state index in [1.165, 1.54) is 7.11 Å². The summed E-state index contributed by atoms with van der Waals surface area (Å²) >= 11 is 0. The number of carbonyl (C=O) groups is 2. The zero-order chi connectivity index (χ0) is 7.72. The zero-order valence-electron chi connectivity index (χ0n) is 5.88. The molecule has 0 saturated carbocycles. The van der Waals surface area contributed by atoms with Crippen molar-refractivity contribution in [2.24, 2.45) is 5.92 Å². The molecule has 1 rings (SSSR count). The van der Waals surface area contributed by atoms with Crippen LogP contribution in [0.3, 0.4) is 0 Å². The van der Waals surface area contributed by atoms with Crippen molar-refractivity contribution in [2.75, 3.05) is 7.11 Å². The standard InChI is InChI=1S/C6H9NO3/c1-3-4(6(9)10-2)7-5(3)8/h3-4H,1-2H3,(H,7,8)/t3-,4-/m1/s1. The summed E-state index contributed by atoms with van der Waals surface area (Å²) in [5.74, 6) is -0.685. The maximum absolute atomic E-state index is 10.7. The van der Waals surface area contributed by atoms with Gasteiger partial charge >= 0.3 is 5.97 Å². The molecule has 2 atom stereocenters. The first-order valence-electron chi connectivity index (χ1n) is 3.05. The largest absolute Gasteiger partial charge is 0.467 e. The van der Waals surface area contributed by atoms with Crippen LogP contribution < -0.4 is 5.32 Å². The number of hydrogen-bond donors (Lipinski definition) is 1. The van der Waals surface area contributed by atoms with Gasteiger partial charge in [-0.2, -0.15) is 0 Å². The summed E-state index contributed by atoms with van der Waals surface area (Å²) < 4.78 is 4.42. The molecular weight excluding hydrogens is 134 g/mol. The molecule has 4 heteroatoms. The average Bonchev–Trinajstić information content (AvgIpc) is 1.98. The van der Waals surface area contributed by atoms with Crippen molar-refractivity contribution in [1.82, 2.24) is 5.32 Å². The average molecular weight is 143 g/mol. The van der Waals surface area contributed by atoms with E-state index in [1.54, 1.807) is 6.92 Å². The lowest BCUT2D eigenvalue weighted by Crippen LogP contribution is -2.60. The number of hydrogen-bond acceptors (Lipinski definition) is 3. The van der Waals surface area contributed by atoms with Crippen LogP contribution in [0.4, 0.5) is 0 Å². The molecule has 0 bridgehead atoms. The van der Waals surface area contributed by atoms with Gasteiger partial charge in [-0.3, -0.25) is 4.79 Å². The number of rotatable bonds is 1. The van der Waals surface area contributed by atoms with E-state index < -0.39 is 6.04 Å². The molecule has 1 saturated heterocycles. The summed E-state index contributed by atoms with van der Waals surface area (Å²) in [6.45, 7) is 1.69. The molecule has 10 heavy (non-hydrogen) atoms. The van der Waals surface area contributed by atoms with Gasteiger partial charge in [0.2, 0.25) is 5.91 Å². The normalized spacial score (nSPS) is 30.4. The zero-order valence-corrected chi connectivity index (χ0v) is 5.88. The van der Waals surface area contributed by atoms with Crippen LogP contribution in [0.5, 0.6) is 0 Å². The lowest BCUT2D eigenvalue weighted by Gasteiger charge is -2.31. The molecule has 0 aromatic carbocycles. The van der Waals surface area contributed by atoms with Crippen LogP contribution in [-0.4, -0.2) is 25.0 Å². The SMILES string of the molecule is COC(=O)[C@@H]1NC(=O)[C@@H]1C. The fraction of sp³-hybridized carbons (Fsp3) is 0.667. The highest BCUT2D eigenvalue weighted by atomic mass is 16.5. The van der Waals surface area contributed by atoms with Crippen molar-refractivity contribution in [3.8, 4) is 0 Å². The van der Waals surface area contributed by atoms with Crippen LogP contribution in [0.2, 0.25) is 0 Å². The Kier molecular flexibility index (Phi) is 1.61. The molecular formula is C6H9NO3. The number of β-lactam (4-membered cyclic amide) rings is 1. The van der Waals surface area contributed by atoms with Crippen LogP contribution in [0.15, 0.2) is 0 Å².